The third kappa shape index (κ3) is 11.5. The fourth-order valence-corrected chi connectivity index (χ4v) is 2.52. The van der Waals surface area contributed by atoms with Crippen LogP contribution in [0.25, 0.3) is 0 Å². The van der Waals surface area contributed by atoms with E-state index in [1.807, 2.05) is 0 Å². The van der Waals surface area contributed by atoms with E-state index in [2.05, 4.69) is 10.3 Å². The number of aliphatic carboxylic acids is 1. The van der Waals surface area contributed by atoms with Gasteiger partial charge in [0.25, 0.3) is 5.96 Å². The van der Waals surface area contributed by atoms with Crippen LogP contribution in [0, 0.1) is 10.1 Å². The van der Waals surface area contributed by atoms with E-state index in [1.165, 1.54) is 0 Å². The van der Waals surface area contributed by atoms with Crippen molar-refractivity contribution in [3.63, 3.8) is 0 Å². The molecule has 178 valence electrons. The molecule has 1 fully saturated rings. The number of carboxylic acid groups (broad SMARTS) is 1. The van der Waals surface area contributed by atoms with Gasteiger partial charge in [0.05, 0.1) is 12.1 Å². The van der Waals surface area contributed by atoms with Gasteiger partial charge in [-0.3, -0.25) is 14.5 Å². The predicted octanol–water partition coefficient (Wildman–Crippen LogP) is -2.50. The van der Waals surface area contributed by atoms with Crippen LogP contribution in [0.5, 0.6) is 0 Å². The van der Waals surface area contributed by atoms with Crippen LogP contribution in [0.3, 0.4) is 0 Å². The molecular weight excluding hydrogens is 433 g/mol. The molecule has 0 aromatic carbocycles. The molecule has 1 saturated heterocycles. The molecule has 1 aliphatic heterocycles. The second-order valence-corrected chi connectivity index (χ2v) is 6.49. The van der Waals surface area contributed by atoms with E-state index in [-0.39, 0.29) is 24.5 Å². The molecule has 0 saturated carbocycles. The molecule has 1 rings (SSSR count). The maximum absolute atomic E-state index is 12.0. The Morgan fingerprint density at radius 3 is 2.32 bits per heavy atom. The van der Waals surface area contributed by atoms with Crippen molar-refractivity contribution in [1.82, 2.24) is 15.6 Å². The lowest BCUT2D eigenvalue weighted by molar-refractivity contribution is -0.525. The van der Waals surface area contributed by atoms with E-state index >= 15 is 0 Å². The number of carbonyl (C=O) groups is 3. The summed E-state index contributed by atoms with van der Waals surface area (Å²) in [5.41, 5.74) is 18.1. The summed E-state index contributed by atoms with van der Waals surface area (Å²) in [5, 5.41) is 19.2. The minimum absolute atomic E-state index is 0.177. The first-order valence-corrected chi connectivity index (χ1v) is 8.71. The number of amides is 2. The van der Waals surface area contributed by atoms with E-state index in [0.717, 1.165) is 0 Å². The molecular formula is C14H25F3N8O6. The van der Waals surface area contributed by atoms with Gasteiger partial charge in [0.1, 0.15) is 0 Å². The van der Waals surface area contributed by atoms with Crippen LogP contribution in [0.1, 0.15) is 19.3 Å². The highest BCUT2D eigenvalue weighted by Gasteiger charge is 2.38. The van der Waals surface area contributed by atoms with Gasteiger partial charge in [-0.1, -0.05) is 5.43 Å². The molecule has 2 amide bonds. The van der Waals surface area contributed by atoms with Gasteiger partial charge >= 0.3 is 12.1 Å². The summed E-state index contributed by atoms with van der Waals surface area (Å²) in [6, 6.07) is -1.30. The highest BCUT2D eigenvalue weighted by atomic mass is 19.4. The van der Waals surface area contributed by atoms with Crippen LogP contribution in [0.15, 0.2) is 4.99 Å². The number of nitrogens with two attached hydrogens (primary N) is 3. The summed E-state index contributed by atoms with van der Waals surface area (Å²) in [5.74, 6) is -3.80. The third-order valence-corrected chi connectivity index (χ3v) is 3.96. The summed E-state index contributed by atoms with van der Waals surface area (Å²) in [6.45, 7) is 0.739. The van der Waals surface area contributed by atoms with Crippen molar-refractivity contribution < 1.29 is 37.7 Å². The molecule has 0 aromatic rings. The van der Waals surface area contributed by atoms with Crippen LogP contribution < -0.4 is 27.9 Å². The van der Waals surface area contributed by atoms with E-state index in [4.69, 9.17) is 27.1 Å². The Morgan fingerprint density at radius 2 is 1.90 bits per heavy atom. The highest BCUT2D eigenvalue weighted by Crippen LogP contribution is 2.15. The third-order valence-electron chi connectivity index (χ3n) is 3.96. The number of likely N-dealkylation sites (N-methyl/N-ethyl adjacent to an activating group) is 1. The van der Waals surface area contributed by atoms with Gasteiger partial charge < -0.3 is 27.6 Å². The topological polar surface area (TPSA) is 232 Å². The van der Waals surface area contributed by atoms with Crippen molar-refractivity contribution in [3.05, 3.63) is 10.1 Å². The molecule has 0 aliphatic carbocycles. The number of rotatable bonds is 8. The van der Waals surface area contributed by atoms with Crippen molar-refractivity contribution in [3.8, 4) is 0 Å². The van der Waals surface area contributed by atoms with Gasteiger partial charge in [0.2, 0.25) is 11.8 Å². The molecule has 0 unspecified atom stereocenters. The largest absolute Gasteiger partial charge is 0.490 e. The number of nitro groups is 1. The number of alkyl halides is 3. The monoisotopic (exact) mass is 458 g/mol. The van der Waals surface area contributed by atoms with E-state index < -0.39 is 35.2 Å². The predicted molar refractivity (Wildman–Crippen MR) is 99.7 cm³/mol. The summed E-state index contributed by atoms with van der Waals surface area (Å²) >= 11 is 0. The number of hydrazine groups is 1. The van der Waals surface area contributed by atoms with Crippen LogP contribution in [0.2, 0.25) is 0 Å². The van der Waals surface area contributed by atoms with Crippen LogP contribution in [-0.4, -0.2) is 83.2 Å². The summed E-state index contributed by atoms with van der Waals surface area (Å²) in [6.07, 6.45) is -3.83. The normalized spacial score (nSPS) is 20.2. The number of hydrogen-bond acceptors (Lipinski definition) is 8. The standard InChI is InChI=1S/C12H24N8O4.C2HF3O2/c1-19-6-7(5-9(19)10(14)21)17-11(22)8(13)3-2-4-16-12(15)18-20(23)24;3-2(4,5)1(6)7/h7-9H,2-6,13H2,1H3,(H2,14,21)(H,17,22)(H3,15,16,18);(H,6,7)/t7-,8+,9+;/m1./s1. The fourth-order valence-electron chi connectivity index (χ4n) is 2.52. The number of hydrogen-bond donors (Lipinski definition) is 6. The molecule has 1 aliphatic rings. The number of aliphatic imine (C=N–C) groups is 1. The Bertz CT molecular complexity index is 689. The second-order valence-electron chi connectivity index (χ2n) is 6.49. The number of likely N-dealkylation sites (tertiary alicyclic amines) is 1. The summed E-state index contributed by atoms with van der Waals surface area (Å²) in [4.78, 5) is 47.8. The molecule has 31 heavy (non-hydrogen) atoms. The lowest BCUT2D eigenvalue weighted by Gasteiger charge is -2.16. The molecule has 0 bridgehead atoms. The van der Waals surface area contributed by atoms with Gasteiger partial charge in [0.15, 0.2) is 5.03 Å². The number of carboxylic acids is 1. The maximum Gasteiger partial charge on any atom is 0.490 e. The maximum atomic E-state index is 12.0. The number of halogens is 3. The quantitative estimate of drug-likeness (QED) is 0.0735. The van der Waals surface area contributed by atoms with Crippen LogP contribution in [0.4, 0.5) is 13.2 Å². The zero-order valence-electron chi connectivity index (χ0n) is 16.5. The molecule has 1 heterocycles. The molecule has 9 N–H and O–H groups in total. The minimum Gasteiger partial charge on any atom is -0.475 e. The van der Waals surface area contributed by atoms with Crippen molar-refractivity contribution in [2.45, 2.75) is 43.6 Å². The lowest BCUT2D eigenvalue weighted by Crippen LogP contribution is -2.46. The second kappa shape index (κ2) is 12.5. The van der Waals surface area contributed by atoms with Gasteiger partial charge in [-0.25, -0.2) is 19.9 Å². The Kier molecular flexibility index (Phi) is 11.2. The zero-order valence-corrected chi connectivity index (χ0v) is 16.5. The number of nitrogens with one attached hydrogen (secondary N) is 2. The molecule has 0 spiro atoms. The summed E-state index contributed by atoms with van der Waals surface area (Å²) in [7, 11) is 1.77. The highest BCUT2D eigenvalue weighted by molar-refractivity contribution is 5.83. The minimum atomic E-state index is -5.08. The first-order valence-electron chi connectivity index (χ1n) is 8.71. The van der Waals surface area contributed by atoms with Crippen molar-refractivity contribution in [1.29, 1.82) is 0 Å². The Morgan fingerprint density at radius 1 is 1.35 bits per heavy atom. The lowest BCUT2D eigenvalue weighted by atomic mass is 10.1. The first-order chi connectivity index (χ1) is 14.1. The molecule has 0 radical (unpaired) electrons. The van der Waals surface area contributed by atoms with Crippen LogP contribution >= 0.6 is 0 Å². The Hall–Kier alpha value is -3.21. The average Bonchev–Trinajstić information content (AvgIpc) is 2.98. The fraction of sp³-hybridized carbons (Fsp3) is 0.714. The van der Waals surface area contributed by atoms with Gasteiger partial charge in [0, 0.05) is 19.1 Å². The first kappa shape index (κ1) is 27.8. The zero-order chi connectivity index (χ0) is 24.4. The average molecular weight is 458 g/mol. The molecule has 3 atom stereocenters. The van der Waals surface area contributed by atoms with Crippen molar-refractivity contribution >= 4 is 23.7 Å². The molecule has 0 aromatic heterocycles. The van der Waals surface area contributed by atoms with E-state index in [0.29, 0.717) is 25.8 Å². The number of carbonyl (C=O) groups excluding carboxylic acids is 2. The van der Waals surface area contributed by atoms with Crippen molar-refractivity contribution in [2.75, 3.05) is 20.1 Å². The number of primary amides is 1. The molecule has 17 heteroatoms. The Labute approximate surface area is 174 Å². The number of guanidine groups is 1. The van der Waals surface area contributed by atoms with Crippen molar-refractivity contribution in [2.24, 2.45) is 22.2 Å². The van der Waals surface area contributed by atoms with Gasteiger partial charge in [-0.15, -0.1) is 0 Å². The SMILES string of the molecule is CN1C[C@H](NC(=O)[C@@H](N)CCCN=C(N)N[N+](=O)[O-])C[C@H]1C(N)=O.O=C(O)C(F)(F)F. The molecule has 14 nitrogen and oxygen atoms in total. The van der Waals surface area contributed by atoms with Gasteiger partial charge in [-0.05, 0) is 26.3 Å². The van der Waals surface area contributed by atoms with Crippen LogP contribution in [-0.2, 0) is 14.4 Å². The van der Waals surface area contributed by atoms with Gasteiger partial charge in [-0.2, -0.15) is 13.2 Å². The van der Waals surface area contributed by atoms with E-state index in [1.54, 1.807) is 17.4 Å². The summed E-state index contributed by atoms with van der Waals surface area (Å²) < 4.78 is 31.7. The van der Waals surface area contributed by atoms with E-state index in [9.17, 15) is 32.9 Å². The number of nitrogens with zero attached hydrogens (tertiary/aromatic N) is 3. The Balaban J connectivity index is 0.00000110. The smallest absolute Gasteiger partial charge is 0.475 e.